The molecule has 1 amide bonds. The maximum Gasteiger partial charge on any atom is 0.256 e. The van der Waals surface area contributed by atoms with Crippen molar-refractivity contribution in [3.63, 3.8) is 0 Å². The molecule has 0 fully saturated rings. The molecule has 7 heteroatoms. The number of amides is 1. The molecule has 0 bridgehead atoms. The first-order valence-corrected chi connectivity index (χ1v) is 9.20. The lowest BCUT2D eigenvalue weighted by atomic mass is 10.1. The Morgan fingerprint density at radius 2 is 1.82 bits per heavy atom. The average molecular weight is 370 g/mol. The summed E-state index contributed by atoms with van der Waals surface area (Å²) >= 11 is 0. The molecule has 3 heterocycles. The van der Waals surface area contributed by atoms with Gasteiger partial charge in [0.1, 0.15) is 5.52 Å². The van der Waals surface area contributed by atoms with Gasteiger partial charge in [-0.05, 0) is 19.1 Å². The van der Waals surface area contributed by atoms with Crippen LogP contribution in [0.5, 0.6) is 0 Å². The van der Waals surface area contributed by atoms with Crippen molar-refractivity contribution in [2.45, 2.75) is 19.5 Å². The molecule has 138 valence electrons. The summed E-state index contributed by atoms with van der Waals surface area (Å²) in [5, 5.41) is 8.75. The fraction of sp³-hybridized carbons (Fsp3) is 0.190. The van der Waals surface area contributed by atoms with E-state index in [1.54, 1.807) is 18.5 Å². The zero-order chi connectivity index (χ0) is 19.1. The highest BCUT2D eigenvalue weighted by molar-refractivity contribution is 6.04. The smallest absolute Gasteiger partial charge is 0.256 e. The summed E-state index contributed by atoms with van der Waals surface area (Å²) in [5.41, 5.74) is 2.93. The molecule has 0 saturated heterocycles. The lowest BCUT2D eigenvalue weighted by Gasteiger charge is -2.32. The molecule has 0 radical (unpaired) electrons. The van der Waals surface area contributed by atoms with Crippen molar-refractivity contribution < 1.29 is 4.79 Å². The van der Waals surface area contributed by atoms with Crippen LogP contribution in [0.4, 0.5) is 0 Å². The summed E-state index contributed by atoms with van der Waals surface area (Å²) in [6.07, 6.45) is 3.24. The summed E-state index contributed by atoms with van der Waals surface area (Å²) in [5.74, 6) is 1.57. The topological polar surface area (TPSA) is 76.8 Å². The standard InChI is InChI=1S/C21H18N6O/c1-14-12-26(21(28)16-8-5-9-17-19(16)23-11-10-22-17)13-18-24-25-20(27(14)18)15-6-3-2-4-7-15/h2-11,14H,12-13H2,1H3/t14-/m0/s1. The van der Waals surface area contributed by atoms with Gasteiger partial charge in [0.05, 0.1) is 23.7 Å². The zero-order valence-corrected chi connectivity index (χ0v) is 15.4. The molecule has 1 aliphatic heterocycles. The number of aromatic nitrogens is 5. The number of nitrogens with zero attached hydrogens (tertiary/aromatic N) is 6. The van der Waals surface area contributed by atoms with Crippen molar-refractivity contribution in [3.05, 3.63) is 72.3 Å². The molecule has 0 N–H and O–H groups in total. The van der Waals surface area contributed by atoms with Crippen molar-refractivity contribution in [2.75, 3.05) is 6.54 Å². The van der Waals surface area contributed by atoms with Gasteiger partial charge in [-0.25, -0.2) is 0 Å². The first-order valence-electron chi connectivity index (χ1n) is 9.20. The average Bonchev–Trinajstić information content (AvgIpc) is 3.18. The number of benzene rings is 2. The van der Waals surface area contributed by atoms with Crippen molar-refractivity contribution in [2.24, 2.45) is 0 Å². The predicted octanol–water partition coefficient (Wildman–Crippen LogP) is 3.11. The van der Waals surface area contributed by atoms with Gasteiger partial charge in [0, 0.05) is 24.5 Å². The molecule has 5 rings (SSSR count). The van der Waals surface area contributed by atoms with Crippen LogP contribution in [0.3, 0.4) is 0 Å². The second-order valence-electron chi connectivity index (χ2n) is 6.94. The lowest BCUT2D eigenvalue weighted by Crippen LogP contribution is -2.40. The third kappa shape index (κ3) is 2.63. The van der Waals surface area contributed by atoms with Crippen LogP contribution in [0.25, 0.3) is 22.4 Å². The molecule has 2 aromatic heterocycles. The number of hydrogen-bond donors (Lipinski definition) is 0. The van der Waals surface area contributed by atoms with Gasteiger partial charge in [-0.3, -0.25) is 14.8 Å². The number of carbonyl (C=O) groups is 1. The molecule has 2 aromatic carbocycles. The van der Waals surface area contributed by atoms with Gasteiger partial charge < -0.3 is 9.47 Å². The van der Waals surface area contributed by atoms with Crippen molar-refractivity contribution in [1.82, 2.24) is 29.6 Å². The monoisotopic (exact) mass is 370 g/mol. The predicted molar refractivity (Wildman–Crippen MR) is 104 cm³/mol. The Morgan fingerprint density at radius 1 is 1.00 bits per heavy atom. The van der Waals surface area contributed by atoms with E-state index in [0.717, 1.165) is 17.2 Å². The number of para-hydroxylation sites is 1. The van der Waals surface area contributed by atoms with Crippen LogP contribution in [0, 0.1) is 0 Å². The van der Waals surface area contributed by atoms with Crippen LogP contribution in [0.1, 0.15) is 29.1 Å². The minimum absolute atomic E-state index is 0.0616. The normalized spacial score (nSPS) is 16.2. The fourth-order valence-electron chi connectivity index (χ4n) is 3.80. The Labute approximate surface area is 161 Å². The van der Waals surface area contributed by atoms with Gasteiger partial charge in [0.2, 0.25) is 0 Å². The van der Waals surface area contributed by atoms with Gasteiger partial charge in [0.15, 0.2) is 11.6 Å². The Hall–Kier alpha value is -3.61. The second-order valence-corrected chi connectivity index (χ2v) is 6.94. The quantitative estimate of drug-likeness (QED) is 0.542. The van der Waals surface area contributed by atoms with Crippen molar-refractivity contribution >= 4 is 16.9 Å². The Balaban J connectivity index is 1.50. The third-order valence-electron chi connectivity index (χ3n) is 5.07. The van der Waals surface area contributed by atoms with Crippen molar-refractivity contribution in [1.29, 1.82) is 0 Å². The van der Waals surface area contributed by atoms with Crippen LogP contribution < -0.4 is 0 Å². The van der Waals surface area contributed by atoms with E-state index in [2.05, 4.69) is 31.7 Å². The number of hydrogen-bond acceptors (Lipinski definition) is 5. The minimum atomic E-state index is -0.0616. The maximum absolute atomic E-state index is 13.2. The Kier molecular flexibility index (Phi) is 3.86. The fourth-order valence-corrected chi connectivity index (χ4v) is 3.80. The highest BCUT2D eigenvalue weighted by Gasteiger charge is 2.30. The Bertz CT molecular complexity index is 1160. The van der Waals surface area contributed by atoms with Crippen LogP contribution in [0.15, 0.2) is 60.9 Å². The molecule has 0 saturated carbocycles. The van der Waals surface area contributed by atoms with E-state index in [0.29, 0.717) is 29.7 Å². The molecule has 4 aromatic rings. The van der Waals surface area contributed by atoms with Gasteiger partial charge in [-0.1, -0.05) is 36.4 Å². The molecule has 28 heavy (non-hydrogen) atoms. The molecule has 1 aliphatic rings. The summed E-state index contributed by atoms with van der Waals surface area (Å²) in [6, 6.07) is 15.6. The number of carbonyl (C=O) groups excluding carboxylic acids is 1. The molecular formula is C21H18N6O. The van der Waals surface area contributed by atoms with E-state index >= 15 is 0 Å². The number of fused-ring (bicyclic) bond motifs is 2. The lowest BCUT2D eigenvalue weighted by molar-refractivity contribution is 0.0684. The summed E-state index contributed by atoms with van der Waals surface area (Å²) in [4.78, 5) is 23.7. The first kappa shape index (κ1) is 16.6. The van der Waals surface area contributed by atoms with Gasteiger partial charge in [-0.15, -0.1) is 10.2 Å². The largest absolute Gasteiger partial charge is 0.329 e. The van der Waals surface area contributed by atoms with Gasteiger partial charge in [0.25, 0.3) is 5.91 Å². The van der Waals surface area contributed by atoms with Crippen LogP contribution in [-0.2, 0) is 6.54 Å². The zero-order valence-electron chi connectivity index (χ0n) is 15.4. The molecule has 0 unspecified atom stereocenters. The summed E-state index contributed by atoms with van der Waals surface area (Å²) < 4.78 is 2.13. The molecular weight excluding hydrogens is 352 g/mol. The SMILES string of the molecule is C[C@H]1CN(C(=O)c2cccc3nccnc23)Cc2nnc(-c3ccccc3)n21. The van der Waals surface area contributed by atoms with Crippen LogP contribution in [-0.4, -0.2) is 42.1 Å². The minimum Gasteiger partial charge on any atom is -0.329 e. The Morgan fingerprint density at radius 3 is 2.68 bits per heavy atom. The summed E-state index contributed by atoms with van der Waals surface area (Å²) in [7, 11) is 0. The van der Waals surface area contributed by atoms with E-state index in [4.69, 9.17) is 0 Å². The van der Waals surface area contributed by atoms with E-state index in [-0.39, 0.29) is 11.9 Å². The van der Waals surface area contributed by atoms with Crippen LogP contribution in [0.2, 0.25) is 0 Å². The highest BCUT2D eigenvalue weighted by Crippen LogP contribution is 2.28. The van der Waals surface area contributed by atoms with E-state index in [1.807, 2.05) is 47.4 Å². The van der Waals surface area contributed by atoms with Gasteiger partial charge >= 0.3 is 0 Å². The van der Waals surface area contributed by atoms with Crippen LogP contribution >= 0.6 is 0 Å². The molecule has 1 atom stereocenters. The van der Waals surface area contributed by atoms with Crippen molar-refractivity contribution in [3.8, 4) is 11.4 Å². The van der Waals surface area contributed by atoms with E-state index in [9.17, 15) is 4.79 Å². The van der Waals surface area contributed by atoms with E-state index in [1.165, 1.54) is 0 Å². The number of rotatable bonds is 2. The first-order chi connectivity index (χ1) is 13.7. The van der Waals surface area contributed by atoms with E-state index < -0.39 is 0 Å². The van der Waals surface area contributed by atoms with Gasteiger partial charge in [-0.2, -0.15) is 0 Å². The molecule has 7 nitrogen and oxygen atoms in total. The highest BCUT2D eigenvalue weighted by atomic mass is 16.2. The second kappa shape index (κ2) is 6.53. The maximum atomic E-state index is 13.2. The molecule has 0 aliphatic carbocycles. The summed E-state index contributed by atoms with van der Waals surface area (Å²) in [6.45, 7) is 3.08. The third-order valence-corrected chi connectivity index (χ3v) is 5.07. The molecule has 0 spiro atoms.